The Morgan fingerprint density at radius 3 is 2.00 bits per heavy atom. The highest BCUT2D eigenvalue weighted by molar-refractivity contribution is 8.08. The third kappa shape index (κ3) is 2.65. The summed E-state index contributed by atoms with van der Waals surface area (Å²) in [4.78, 5) is 10.2. The van der Waals surface area contributed by atoms with Crippen LogP contribution in [0.5, 0.6) is 0 Å². The Labute approximate surface area is 47.1 Å². The van der Waals surface area contributed by atoms with Gasteiger partial charge in [-0.3, -0.25) is 4.79 Å². The summed E-state index contributed by atoms with van der Waals surface area (Å²) in [6, 6.07) is 0. The van der Waals surface area contributed by atoms with E-state index in [9.17, 15) is 9.35 Å². The van der Waals surface area contributed by atoms with Crippen LogP contribution in [0.2, 0.25) is 0 Å². The first-order valence-corrected chi connectivity index (χ1v) is 2.76. The van der Waals surface area contributed by atoms with E-state index in [1.807, 2.05) is 0 Å². The van der Waals surface area contributed by atoms with Crippen LogP contribution in [-0.2, 0) is 9.35 Å². The number of carbonyl (C=O) groups is 1. The molecule has 0 aromatic heterocycles. The van der Waals surface area contributed by atoms with Crippen molar-refractivity contribution < 1.29 is 9.35 Å². The Morgan fingerprint density at radius 1 is 1.57 bits per heavy atom. The lowest BCUT2D eigenvalue weighted by Crippen LogP contribution is -1.98. The van der Waals surface area contributed by atoms with Crippen LogP contribution in [-0.4, -0.2) is 5.12 Å². The van der Waals surface area contributed by atoms with Crippen molar-refractivity contribution >= 4 is 17.2 Å². The Balaban J connectivity index is 3.35. The first kappa shape index (κ1) is 6.98. The molecule has 0 aromatic rings. The van der Waals surface area contributed by atoms with Gasteiger partial charge >= 0.3 is 0 Å². The monoisotopic (exact) mass is 119 g/mol. The fraction of sp³-hybridized carbons (Fsp3) is 0.750. The van der Waals surface area contributed by atoms with Crippen molar-refractivity contribution in [1.82, 2.24) is 0 Å². The van der Waals surface area contributed by atoms with E-state index in [0.29, 0.717) is 0 Å². The first-order valence-electron chi connectivity index (χ1n) is 2.02. The van der Waals surface area contributed by atoms with Gasteiger partial charge in [0.25, 0.3) is 0 Å². The summed E-state index contributed by atoms with van der Waals surface area (Å²) in [6.07, 6.45) is 0. The Bertz CT molecular complexity index is 70.1. The molecule has 2 nitrogen and oxygen atoms in total. The van der Waals surface area contributed by atoms with E-state index in [0.717, 1.165) is 0 Å². The quantitative estimate of drug-likeness (QED) is 0.487. The van der Waals surface area contributed by atoms with Gasteiger partial charge in [-0.15, -0.1) is 4.55 Å². The average molecular weight is 119 g/mol. The molecule has 0 fully saturated rings. The maximum absolute atomic E-state index is 10.2. The number of rotatable bonds is 1. The van der Waals surface area contributed by atoms with Crippen molar-refractivity contribution in [2.45, 2.75) is 13.8 Å². The smallest absolute Gasteiger partial charge is 0.221 e. The predicted molar refractivity (Wildman–Crippen MR) is 28.1 cm³/mol. The lowest BCUT2D eigenvalue weighted by atomic mass is 10.3. The molecular formula is C4H7O2S. The highest BCUT2D eigenvalue weighted by Crippen LogP contribution is 2.04. The minimum absolute atomic E-state index is 0.0440. The van der Waals surface area contributed by atoms with Crippen molar-refractivity contribution in [3.05, 3.63) is 0 Å². The maximum atomic E-state index is 10.2. The molecule has 0 aliphatic heterocycles. The van der Waals surface area contributed by atoms with Crippen molar-refractivity contribution in [1.29, 1.82) is 0 Å². The van der Waals surface area contributed by atoms with Crippen LogP contribution in [0, 0.1) is 5.92 Å². The molecule has 0 heterocycles. The minimum atomic E-state index is -0.292. The van der Waals surface area contributed by atoms with E-state index >= 15 is 0 Å². The van der Waals surface area contributed by atoms with Gasteiger partial charge < -0.3 is 0 Å². The molecule has 0 bridgehead atoms. The van der Waals surface area contributed by atoms with E-state index in [4.69, 9.17) is 0 Å². The largest absolute Gasteiger partial charge is 0.284 e. The number of hydrogen-bond acceptors (Lipinski definition) is 2. The second kappa shape index (κ2) is 3.04. The van der Waals surface area contributed by atoms with Crippen LogP contribution in [0.1, 0.15) is 13.8 Å². The van der Waals surface area contributed by atoms with Crippen molar-refractivity contribution in [2.24, 2.45) is 5.92 Å². The zero-order valence-electron chi connectivity index (χ0n) is 4.30. The van der Waals surface area contributed by atoms with Crippen molar-refractivity contribution in [3.8, 4) is 0 Å². The summed E-state index contributed by atoms with van der Waals surface area (Å²) in [5.41, 5.74) is 0. The summed E-state index contributed by atoms with van der Waals surface area (Å²) < 4.78 is 9.64. The normalized spacial score (nSPS) is 9.71. The molecule has 0 aromatic carbocycles. The van der Waals surface area contributed by atoms with E-state index in [1.54, 1.807) is 13.8 Å². The summed E-state index contributed by atoms with van der Waals surface area (Å²) >= 11 is 0.0440. The van der Waals surface area contributed by atoms with Gasteiger partial charge in [0.05, 0.1) is 0 Å². The molecule has 3 heteroatoms. The fourth-order valence-corrected chi connectivity index (χ4v) is 0.289. The van der Waals surface area contributed by atoms with E-state index in [1.165, 1.54) is 0 Å². The molecule has 0 rings (SSSR count). The Morgan fingerprint density at radius 2 is 2.00 bits per heavy atom. The van der Waals surface area contributed by atoms with Crippen molar-refractivity contribution in [2.75, 3.05) is 0 Å². The zero-order chi connectivity index (χ0) is 5.86. The average Bonchev–Trinajstić information content (AvgIpc) is 1.65. The van der Waals surface area contributed by atoms with Gasteiger partial charge in [0.15, 0.2) is 0 Å². The molecule has 1 radical (unpaired) electrons. The van der Waals surface area contributed by atoms with Gasteiger partial charge in [0.2, 0.25) is 5.12 Å². The topological polar surface area (TPSA) is 37.0 Å². The van der Waals surface area contributed by atoms with Crippen LogP contribution in [0.25, 0.3) is 0 Å². The molecular weight excluding hydrogens is 112 g/mol. The summed E-state index contributed by atoms with van der Waals surface area (Å²) in [6.45, 7) is 3.40. The van der Waals surface area contributed by atoms with Crippen LogP contribution in [0.4, 0.5) is 0 Å². The van der Waals surface area contributed by atoms with E-state index < -0.39 is 0 Å². The van der Waals surface area contributed by atoms with Gasteiger partial charge in [-0.2, -0.15) is 0 Å². The molecule has 41 valence electrons. The maximum Gasteiger partial charge on any atom is 0.221 e. The summed E-state index contributed by atoms with van der Waals surface area (Å²) in [5, 5.41) is -0.292. The second-order valence-electron chi connectivity index (χ2n) is 1.56. The second-order valence-corrected chi connectivity index (χ2v) is 2.13. The highest BCUT2D eigenvalue weighted by atomic mass is 32.2. The van der Waals surface area contributed by atoms with E-state index in [-0.39, 0.29) is 23.1 Å². The molecule has 0 aliphatic carbocycles. The molecule has 0 amide bonds. The molecule has 0 unspecified atom stereocenters. The zero-order valence-corrected chi connectivity index (χ0v) is 5.12. The van der Waals surface area contributed by atoms with Gasteiger partial charge in [-0.25, -0.2) is 0 Å². The van der Waals surface area contributed by atoms with Crippen LogP contribution in [0.3, 0.4) is 0 Å². The van der Waals surface area contributed by atoms with Gasteiger partial charge in [0.1, 0.15) is 12.0 Å². The van der Waals surface area contributed by atoms with Crippen LogP contribution < -0.4 is 0 Å². The summed E-state index contributed by atoms with van der Waals surface area (Å²) in [7, 11) is 0. The molecule has 0 saturated heterocycles. The van der Waals surface area contributed by atoms with Crippen molar-refractivity contribution in [3.63, 3.8) is 0 Å². The third-order valence-electron chi connectivity index (χ3n) is 0.554. The number of hydrogen-bond donors (Lipinski definition) is 0. The van der Waals surface area contributed by atoms with Gasteiger partial charge in [-0.05, 0) is 0 Å². The minimum Gasteiger partial charge on any atom is -0.284 e. The SMILES string of the molecule is CC(C)C(=O)S[O]. The predicted octanol–water partition coefficient (Wildman–Crippen LogP) is 1.25. The molecule has 0 aliphatic rings. The lowest BCUT2D eigenvalue weighted by molar-refractivity contribution is -0.113. The van der Waals surface area contributed by atoms with Gasteiger partial charge in [-0.1, -0.05) is 13.8 Å². The van der Waals surface area contributed by atoms with E-state index in [2.05, 4.69) is 0 Å². The molecule has 0 spiro atoms. The first-order chi connectivity index (χ1) is 3.18. The molecule has 0 saturated carbocycles. The molecule has 0 N–H and O–H groups in total. The standard InChI is InChI=1S/C4H7O2S/c1-3(2)4(5)7-6/h3H,1-2H3. The Hall–Kier alpha value is -0.0200. The van der Waals surface area contributed by atoms with Crippen LogP contribution in [0.15, 0.2) is 0 Å². The van der Waals surface area contributed by atoms with Gasteiger partial charge in [0, 0.05) is 5.92 Å². The molecule has 0 atom stereocenters. The fourth-order valence-electron chi connectivity index (χ4n) is 0.0962. The lowest BCUT2D eigenvalue weighted by Gasteiger charge is -1.92. The Kier molecular flexibility index (Phi) is 3.04. The number of carbonyl (C=O) groups excluding carboxylic acids is 1. The summed E-state index contributed by atoms with van der Waals surface area (Å²) in [5.74, 6) is -0.123. The third-order valence-corrected chi connectivity index (χ3v) is 1.19. The van der Waals surface area contributed by atoms with Crippen LogP contribution >= 0.6 is 12.0 Å². The highest BCUT2D eigenvalue weighted by Gasteiger charge is 2.05. The molecule has 7 heavy (non-hydrogen) atoms.